The first kappa shape index (κ1) is 16.9. The second-order valence-electron chi connectivity index (χ2n) is 7.59. The summed E-state index contributed by atoms with van der Waals surface area (Å²) >= 11 is 0. The van der Waals surface area contributed by atoms with Crippen LogP contribution in [-0.2, 0) is 11.2 Å². The minimum atomic E-state index is -0.240. The molecule has 0 aromatic heterocycles. The lowest BCUT2D eigenvalue weighted by Gasteiger charge is -2.42. The molecule has 20 heavy (non-hydrogen) atoms. The van der Waals surface area contributed by atoms with Crippen LogP contribution in [0.2, 0.25) is 0 Å². The predicted octanol–water partition coefficient (Wildman–Crippen LogP) is 5.29. The van der Waals surface area contributed by atoms with Crippen LogP contribution in [0.15, 0.2) is 30.3 Å². The van der Waals surface area contributed by atoms with E-state index < -0.39 is 0 Å². The maximum Gasteiger partial charge on any atom is 0.139 e. The molecule has 112 valence electrons. The molecule has 0 saturated heterocycles. The van der Waals surface area contributed by atoms with E-state index in [4.69, 9.17) is 0 Å². The number of benzene rings is 1. The number of ketones is 1. The Kier molecular flexibility index (Phi) is 5.56. The van der Waals surface area contributed by atoms with E-state index in [0.717, 1.165) is 12.8 Å². The zero-order valence-corrected chi connectivity index (χ0v) is 14.0. The number of aryl methyl sites for hydroxylation is 1. The van der Waals surface area contributed by atoms with Crippen LogP contribution in [0.4, 0.5) is 0 Å². The van der Waals surface area contributed by atoms with E-state index in [9.17, 15) is 4.79 Å². The zero-order valence-electron chi connectivity index (χ0n) is 14.0. The molecule has 0 aliphatic carbocycles. The Balaban J connectivity index is 2.79. The molecule has 0 saturated carbocycles. The molecule has 0 N–H and O–H groups in total. The third kappa shape index (κ3) is 4.19. The fraction of sp³-hybridized carbons (Fsp3) is 0.632. The highest BCUT2D eigenvalue weighted by molar-refractivity contribution is 5.85. The standard InChI is InChI=1S/C19H30O/c1-15(2)14-19(6,18(3,4)5)17(20)13-12-16-10-8-7-9-11-16/h7-11,15H,12-14H2,1-6H3. The molecule has 0 bridgehead atoms. The number of carbonyl (C=O) groups is 1. The Labute approximate surface area is 124 Å². The number of rotatable bonds is 6. The van der Waals surface area contributed by atoms with E-state index >= 15 is 0 Å². The molecule has 0 radical (unpaired) electrons. The maximum atomic E-state index is 12.8. The van der Waals surface area contributed by atoms with Crippen LogP contribution < -0.4 is 0 Å². The Morgan fingerprint density at radius 1 is 1.05 bits per heavy atom. The lowest BCUT2D eigenvalue weighted by molar-refractivity contribution is -0.135. The van der Waals surface area contributed by atoms with Gasteiger partial charge in [0.15, 0.2) is 0 Å². The lowest BCUT2D eigenvalue weighted by Crippen LogP contribution is -2.41. The minimum Gasteiger partial charge on any atom is -0.299 e. The van der Waals surface area contributed by atoms with Gasteiger partial charge < -0.3 is 0 Å². The monoisotopic (exact) mass is 274 g/mol. The SMILES string of the molecule is CC(C)CC(C)(C(=O)CCc1ccccc1)C(C)(C)C. The largest absolute Gasteiger partial charge is 0.299 e. The van der Waals surface area contributed by atoms with Gasteiger partial charge in [-0.3, -0.25) is 4.79 Å². The molecule has 1 aromatic rings. The predicted molar refractivity (Wildman–Crippen MR) is 86.8 cm³/mol. The van der Waals surface area contributed by atoms with Gasteiger partial charge in [-0.15, -0.1) is 0 Å². The smallest absolute Gasteiger partial charge is 0.139 e. The Hall–Kier alpha value is -1.11. The van der Waals surface area contributed by atoms with Crippen molar-refractivity contribution in [1.29, 1.82) is 0 Å². The Morgan fingerprint density at radius 3 is 2.05 bits per heavy atom. The molecule has 1 nitrogen and oxygen atoms in total. The van der Waals surface area contributed by atoms with Crippen LogP contribution in [-0.4, -0.2) is 5.78 Å². The van der Waals surface area contributed by atoms with Crippen molar-refractivity contribution in [3.05, 3.63) is 35.9 Å². The summed E-state index contributed by atoms with van der Waals surface area (Å²) in [5.74, 6) is 0.947. The van der Waals surface area contributed by atoms with Gasteiger partial charge in [0.05, 0.1) is 0 Å². The van der Waals surface area contributed by atoms with Crippen molar-refractivity contribution in [2.75, 3.05) is 0 Å². The Morgan fingerprint density at radius 2 is 1.60 bits per heavy atom. The second-order valence-corrected chi connectivity index (χ2v) is 7.59. The molecule has 1 unspecified atom stereocenters. The average molecular weight is 274 g/mol. The fourth-order valence-corrected chi connectivity index (χ4v) is 2.83. The van der Waals surface area contributed by atoms with Crippen LogP contribution in [0.5, 0.6) is 0 Å². The van der Waals surface area contributed by atoms with E-state index in [1.807, 2.05) is 18.2 Å². The second kappa shape index (κ2) is 6.56. The van der Waals surface area contributed by atoms with Crippen molar-refractivity contribution >= 4 is 5.78 Å². The molecular weight excluding hydrogens is 244 g/mol. The molecule has 1 heteroatoms. The third-order valence-electron chi connectivity index (χ3n) is 4.57. The molecule has 1 atom stereocenters. The molecule has 0 aliphatic rings. The number of Topliss-reactive ketones (excluding diaryl/α,β-unsaturated/α-hetero) is 1. The van der Waals surface area contributed by atoms with Crippen molar-refractivity contribution in [3.63, 3.8) is 0 Å². The van der Waals surface area contributed by atoms with Gasteiger partial charge in [0.2, 0.25) is 0 Å². The van der Waals surface area contributed by atoms with E-state index in [1.165, 1.54) is 5.56 Å². The van der Waals surface area contributed by atoms with E-state index in [1.54, 1.807) is 0 Å². The van der Waals surface area contributed by atoms with Gasteiger partial charge in [-0.2, -0.15) is 0 Å². The van der Waals surface area contributed by atoms with Crippen LogP contribution >= 0.6 is 0 Å². The quantitative estimate of drug-likeness (QED) is 0.689. The highest BCUT2D eigenvalue weighted by atomic mass is 16.1. The first-order chi connectivity index (χ1) is 9.17. The summed E-state index contributed by atoms with van der Waals surface area (Å²) in [6.07, 6.45) is 2.46. The summed E-state index contributed by atoms with van der Waals surface area (Å²) in [7, 11) is 0. The third-order valence-corrected chi connectivity index (χ3v) is 4.57. The van der Waals surface area contributed by atoms with Gasteiger partial charge in [-0.25, -0.2) is 0 Å². The normalized spacial score (nSPS) is 15.2. The van der Waals surface area contributed by atoms with Crippen molar-refractivity contribution < 1.29 is 4.79 Å². The number of hydrogen-bond donors (Lipinski definition) is 0. The summed E-state index contributed by atoms with van der Waals surface area (Å²) in [6.45, 7) is 13.1. The molecule has 0 heterocycles. The lowest BCUT2D eigenvalue weighted by atomic mass is 9.61. The molecule has 0 aliphatic heterocycles. The number of carbonyl (C=O) groups excluding carboxylic acids is 1. The van der Waals surface area contributed by atoms with Crippen LogP contribution in [0.25, 0.3) is 0 Å². The first-order valence-electron chi connectivity index (χ1n) is 7.74. The van der Waals surface area contributed by atoms with Gasteiger partial charge in [0, 0.05) is 11.8 Å². The summed E-state index contributed by atoms with van der Waals surface area (Å²) < 4.78 is 0. The van der Waals surface area contributed by atoms with Gasteiger partial charge >= 0.3 is 0 Å². The molecular formula is C19H30O. The summed E-state index contributed by atoms with van der Waals surface area (Å²) in [4.78, 5) is 12.8. The van der Waals surface area contributed by atoms with Crippen molar-refractivity contribution in [1.82, 2.24) is 0 Å². The van der Waals surface area contributed by atoms with Gasteiger partial charge in [-0.05, 0) is 29.7 Å². The molecule has 0 fully saturated rings. The van der Waals surface area contributed by atoms with Gasteiger partial charge in [0.25, 0.3) is 0 Å². The van der Waals surface area contributed by atoms with E-state index in [0.29, 0.717) is 18.1 Å². The average Bonchev–Trinajstić information content (AvgIpc) is 2.35. The Bertz CT molecular complexity index is 425. The minimum absolute atomic E-state index is 0.00500. The number of hydrogen-bond acceptors (Lipinski definition) is 1. The van der Waals surface area contributed by atoms with E-state index in [2.05, 4.69) is 53.7 Å². The van der Waals surface area contributed by atoms with Crippen molar-refractivity contribution in [2.45, 2.75) is 60.8 Å². The zero-order chi connectivity index (χ0) is 15.4. The van der Waals surface area contributed by atoms with Crippen LogP contribution in [0.3, 0.4) is 0 Å². The van der Waals surface area contributed by atoms with Gasteiger partial charge in [0.1, 0.15) is 5.78 Å². The first-order valence-corrected chi connectivity index (χ1v) is 7.74. The maximum absolute atomic E-state index is 12.8. The van der Waals surface area contributed by atoms with Gasteiger partial charge in [-0.1, -0.05) is 71.9 Å². The van der Waals surface area contributed by atoms with Crippen molar-refractivity contribution in [2.24, 2.45) is 16.7 Å². The van der Waals surface area contributed by atoms with E-state index in [-0.39, 0.29) is 10.8 Å². The molecule has 0 spiro atoms. The van der Waals surface area contributed by atoms with Crippen molar-refractivity contribution in [3.8, 4) is 0 Å². The molecule has 1 aromatic carbocycles. The molecule has 1 rings (SSSR count). The fourth-order valence-electron chi connectivity index (χ4n) is 2.83. The molecule has 0 amide bonds. The van der Waals surface area contributed by atoms with Crippen LogP contribution in [0, 0.1) is 16.7 Å². The topological polar surface area (TPSA) is 17.1 Å². The summed E-state index contributed by atoms with van der Waals surface area (Å²) in [5, 5.41) is 0. The summed E-state index contributed by atoms with van der Waals surface area (Å²) in [5.41, 5.74) is 1.02. The summed E-state index contributed by atoms with van der Waals surface area (Å²) in [6, 6.07) is 10.3. The van der Waals surface area contributed by atoms with Crippen LogP contribution in [0.1, 0.15) is 59.9 Å². The highest BCUT2D eigenvalue weighted by Gasteiger charge is 2.43. The highest BCUT2D eigenvalue weighted by Crippen LogP contribution is 2.45.